The molecule has 0 saturated heterocycles. The lowest BCUT2D eigenvalue weighted by molar-refractivity contribution is 0.0730. The highest BCUT2D eigenvalue weighted by molar-refractivity contribution is 7.07. The van der Waals surface area contributed by atoms with Crippen molar-refractivity contribution in [3.8, 4) is 0 Å². The predicted molar refractivity (Wildman–Crippen MR) is 90.3 cm³/mol. The summed E-state index contributed by atoms with van der Waals surface area (Å²) in [5.74, 6) is 0.210. The highest BCUT2D eigenvalue weighted by atomic mass is 32.1. The fourth-order valence-corrected chi connectivity index (χ4v) is 4.02. The van der Waals surface area contributed by atoms with Crippen LogP contribution in [0.1, 0.15) is 52.7 Å². The molecule has 2 aromatic rings. The van der Waals surface area contributed by atoms with E-state index in [4.69, 9.17) is 0 Å². The Morgan fingerprint density at radius 1 is 1.14 bits per heavy atom. The summed E-state index contributed by atoms with van der Waals surface area (Å²) in [5, 5.41) is 4.24. The Morgan fingerprint density at radius 2 is 1.95 bits per heavy atom. The Labute approximate surface area is 135 Å². The van der Waals surface area contributed by atoms with Crippen LogP contribution >= 0.6 is 11.3 Å². The molecule has 1 aromatic heterocycles. The topological polar surface area (TPSA) is 20.3 Å². The summed E-state index contributed by atoms with van der Waals surface area (Å²) in [4.78, 5) is 15.0. The molecule has 0 aliphatic heterocycles. The second kappa shape index (κ2) is 5.88. The van der Waals surface area contributed by atoms with Gasteiger partial charge in [-0.15, -0.1) is 0 Å². The summed E-state index contributed by atoms with van der Waals surface area (Å²) in [7, 11) is 0. The molecule has 2 aliphatic rings. The zero-order valence-corrected chi connectivity index (χ0v) is 13.6. The fraction of sp³-hybridized carbons (Fsp3) is 0.421. The van der Waals surface area contributed by atoms with Gasteiger partial charge in [0.2, 0.25) is 0 Å². The molecule has 22 heavy (non-hydrogen) atoms. The lowest BCUT2D eigenvalue weighted by atomic mass is 9.90. The maximum atomic E-state index is 13.0. The van der Waals surface area contributed by atoms with Crippen LogP contribution in [0, 0.1) is 0 Å². The third-order valence-electron chi connectivity index (χ3n) is 4.78. The van der Waals surface area contributed by atoms with Crippen LogP contribution in [-0.2, 0) is 19.4 Å². The number of hydrogen-bond acceptors (Lipinski definition) is 2. The number of fused-ring (bicyclic) bond motifs is 1. The van der Waals surface area contributed by atoms with Gasteiger partial charge in [0.25, 0.3) is 5.91 Å². The standard InChI is InChI=1S/C19H21NOS/c21-19(17-6-5-15-3-1-2-4-16(15)11-17)20(18-7-8-18)12-14-9-10-22-13-14/h5-6,9-11,13,18H,1-4,7-8,12H2. The van der Waals surface area contributed by atoms with Crippen LogP contribution in [0.3, 0.4) is 0 Å². The minimum Gasteiger partial charge on any atom is -0.331 e. The van der Waals surface area contributed by atoms with Crippen LogP contribution in [0.4, 0.5) is 0 Å². The molecule has 4 rings (SSSR count). The zero-order valence-electron chi connectivity index (χ0n) is 12.8. The molecule has 2 nitrogen and oxygen atoms in total. The van der Waals surface area contributed by atoms with Crippen LogP contribution in [-0.4, -0.2) is 16.8 Å². The van der Waals surface area contributed by atoms with Gasteiger partial charge >= 0.3 is 0 Å². The van der Waals surface area contributed by atoms with Crippen molar-refractivity contribution in [1.29, 1.82) is 0 Å². The summed E-state index contributed by atoms with van der Waals surface area (Å²) in [6, 6.07) is 8.94. The lowest BCUT2D eigenvalue weighted by Gasteiger charge is -2.23. The molecule has 0 N–H and O–H groups in total. The number of aryl methyl sites for hydroxylation is 2. The van der Waals surface area contributed by atoms with Crippen molar-refractivity contribution >= 4 is 17.2 Å². The molecule has 114 valence electrons. The zero-order chi connectivity index (χ0) is 14.9. The van der Waals surface area contributed by atoms with Crippen molar-refractivity contribution < 1.29 is 4.79 Å². The largest absolute Gasteiger partial charge is 0.331 e. The van der Waals surface area contributed by atoms with Crippen LogP contribution in [0.2, 0.25) is 0 Å². The molecule has 0 spiro atoms. The number of rotatable bonds is 4. The number of carbonyl (C=O) groups excluding carboxylic acids is 1. The maximum Gasteiger partial charge on any atom is 0.254 e. The van der Waals surface area contributed by atoms with Crippen molar-refractivity contribution in [3.63, 3.8) is 0 Å². The first-order chi connectivity index (χ1) is 10.8. The van der Waals surface area contributed by atoms with Crippen molar-refractivity contribution in [2.45, 2.75) is 51.1 Å². The van der Waals surface area contributed by atoms with Gasteiger partial charge in [-0.25, -0.2) is 0 Å². The van der Waals surface area contributed by atoms with E-state index in [1.807, 2.05) is 6.07 Å². The van der Waals surface area contributed by atoms with Crippen molar-refractivity contribution in [3.05, 3.63) is 57.3 Å². The minimum absolute atomic E-state index is 0.210. The van der Waals surface area contributed by atoms with E-state index >= 15 is 0 Å². The van der Waals surface area contributed by atoms with Crippen LogP contribution < -0.4 is 0 Å². The molecule has 1 saturated carbocycles. The van der Waals surface area contributed by atoms with Crippen molar-refractivity contribution in [2.75, 3.05) is 0 Å². The van der Waals surface area contributed by atoms with E-state index in [9.17, 15) is 4.79 Å². The van der Waals surface area contributed by atoms with Gasteiger partial charge in [-0.2, -0.15) is 11.3 Å². The number of thiophene rings is 1. The van der Waals surface area contributed by atoms with E-state index in [0.717, 1.165) is 31.4 Å². The summed E-state index contributed by atoms with van der Waals surface area (Å²) >= 11 is 1.70. The summed E-state index contributed by atoms with van der Waals surface area (Å²) in [6.07, 6.45) is 7.15. The number of nitrogens with zero attached hydrogens (tertiary/aromatic N) is 1. The SMILES string of the molecule is O=C(c1ccc2c(c1)CCCC2)N(Cc1ccsc1)C1CC1. The second-order valence-corrected chi connectivity index (χ2v) is 7.27. The van der Waals surface area contributed by atoms with E-state index in [2.05, 4.69) is 33.9 Å². The van der Waals surface area contributed by atoms with E-state index in [1.54, 1.807) is 11.3 Å². The Balaban J connectivity index is 1.58. The van der Waals surface area contributed by atoms with Gasteiger partial charge in [-0.1, -0.05) is 6.07 Å². The molecule has 1 amide bonds. The van der Waals surface area contributed by atoms with Gasteiger partial charge in [0.05, 0.1) is 0 Å². The molecule has 1 aromatic carbocycles. The first-order valence-electron chi connectivity index (χ1n) is 8.25. The van der Waals surface area contributed by atoms with Crippen LogP contribution in [0.5, 0.6) is 0 Å². The molecule has 2 aliphatic carbocycles. The molecular weight excluding hydrogens is 290 g/mol. The van der Waals surface area contributed by atoms with E-state index in [-0.39, 0.29) is 5.91 Å². The predicted octanol–water partition coefficient (Wildman–Crippen LogP) is 4.43. The lowest BCUT2D eigenvalue weighted by Crippen LogP contribution is -2.32. The van der Waals surface area contributed by atoms with E-state index in [1.165, 1.54) is 36.0 Å². The molecule has 0 unspecified atom stereocenters. The molecule has 0 bridgehead atoms. The number of hydrogen-bond donors (Lipinski definition) is 0. The Hall–Kier alpha value is -1.61. The molecule has 0 atom stereocenters. The normalized spacial score (nSPS) is 17.1. The monoisotopic (exact) mass is 311 g/mol. The van der Waals surface area contributed by atoms with E-state index in [0.29, 0.717) is 6.04 Å². The van der Waals surface area contributed by atoms with Crippen LogP contribution in [0.15, 0.2) is 35.0 Å². The van der Waals surface area contributed by atoms with E-state index < -0.39 is 0 Å². The van der Waals surface area contributed by atoms with Gasteiger partial charge < -0.3 is 4.90 Å². The Morgan fingerprint density at radius 3 is 2.68 bits per heavy atom. The van der Waals surface area contributed by atoms with Gasteiger partial charge in [0.15, 0.2) is 0 Å². The molecule has 0 radical (unpaired) electrons. The van der Waals surface area contributed by atoms with Crippen LogP contribution in [0.25, 0.3) is 0 Å². The van der Waals surface area contributed by atoms with Gasteiger partial charge in [-0.3, -0.25) is 4.79 Å². The first kappa shape index (κ1) is 14.0. The molecule has 1 heterocycles. The average molecular weight is 311 g/mol. The first-order valence-corrected chi connectivity index (χ1v) is 9.19. The number of benzene rings is 1. The summed E-state index contributed by atoms with van der Waals surface area (Å²) in [5.41, 5.74) is 4.97. The Bertz CT molecular complexity index is 673. The van der Waals surface area contributed by atoms with Crippen molar-refractivity contribution in [1.82, 2.24) is 4.90 Å². The highest BCUT2D eigenvalue weighted by Gasteiger charge is 2.33. The summed E-state index contributed by atoms with van der Waals surface area (Å²) in [6.45, 7) is 0.754. The number of amides is 1. The van der Waals surface area contributed by atoms with Gasteiger partial charge in [-0.05, 0) is 84.2 Å². The maximum absolute atomic E-state index is 13.0. The molecular formula is C19H21NOS. The third kappa shape index (κ3) is 2.82. The minimum atomic E-state index is 0.210. The van der Waals surface area contributed by atoms with Crippen molar-refractivity contribution in [2.24, 2.45) is 0 Å². The smallest absolute Gasteiger partial charge is 0.254 e. The molecule has 3 heteroatoms. The highest BCUT2D eigenvalue weighted by Crippen LogP contribution is 2.31. The average Bonchev–Trinajstić information content (AvgIpc) is 3.27. The molecule has 1 fully saturated rings. The number of carbonyl (C=O) groups is 1. The van der Waals surface area contributed by atoms with Gasteiger partial charge in [0, 0.05) is 18.2 Å². The second-order valence-electron chi connectivity index (χ2n) is 6.49. The fourth-order valence-electron chi connectivity index (χ4n) is 3.36. The third-order valence-corrected chi connectivity index (χ3v) is 5.51. The quantitative estimate of drug-likeness (QED) is 0.818. The van der Waals surface area contributed by atoms with Gasteiger partial charge in [0.1, 0.15) is 0 Å². The Kier molecular flexibility index (Phi) is 3.75. The summed E-state index contributed by atoms with van der Waals surface area (Å²) < 4.78 is 0.